The zero-order chi connectivity index (χ0) is 12.1. The fraction of sp³-hybridized carbons (Fsp3) is 1.00. The lowest BCUT2D eigenvalue weighted by molar-refractivity contribution is 0.0466. The number of nitrogens with zero attached hydrogens (tertiary/aromatic N) is 1. The molecule has 2 atom stereocenters. The maximum atomic E-state index is 3.80. The van der Waals surface area contributed by atoms with E-state index in [0.717, 1.165) is 12.0 Å². The minimum atomic E-state index is 0.414. The summed E-state index contributed by atoms with van der Waals surface area (Å²) in [7, 11) is 0. The van der Waals surface area contributed by atoms with Crippen LogP contribution in [0.5, 0.6) is 0 Å². The Balaban J connectivity index is 1.71. The van der Waals surface area contributed by atoms with Gasteiger partial charge in [-0.15, -0.1) is 0 Å². The van der Waals surface area contributed by atoms with Gasteiger partial charge in [-0.1, -0.05) is 20.3 Å². The molecule has 3 fully saturated rings. The maximum Gasteiger partial charge on any atom is 0.0309 e. The number of rotatable bonds is 2. The van der Waals surface area contributed by atoms with Gasteiger partial charge in [0.15, 0.2) is 0 Å². The van der Waals surface area contributed by atoms with Crippen molar-refractivity contribution in [3.63, 3.8) is 0 Å². The Labute approximate surface area is 106 Å². The first-order chi connectivity index (χ1) is 8.01. The monoisotopic (exact) mass is 236 g/mol. The van der Waals surface area contributed by atoms with Crippen LogP contribution in [0.4, 0.5) is 0 Å². The molecule has 1 heterocycles. The second kappa shape index (κ2) is 3.96. The number of hydrogen-bond acceptors (Lipinski definition) is 2. The molecule has 2 nitrogen and oxygen atoms in total. The van der Waals surface area contributed by atoms with Crippen LogP contribution in [0.3, 0.4) is 0 Å². The van der Waals surface area contributed by atoms with Gasteiger partial charge < -0.3 is 5.32 Å². The molecule has 0 aromatic carbocycles. The molecule has 98 valence electrons. The largest absolute Gasteiger partial charge is 0.309 e. The summed E-state index contributed by atoms with van der Waals surface area (Å²) >= 11 is 0. The van der Waals surface area contributed by atoms with Gasteiger partial charge in [0.25, 0.3) is 0 Å². The molecule has 2 unspecified atom stereocenters. The first kappa shape index (κ1) is 12.0. The molecule has 0 aromatic heterocycles. The van der Waals surface area contributed by atoms with Crippen molar-refractivity contribution in [2.45, 2.75) is 64.5 Å². The van der Waals surface area contributed by atoms with E-state index in [1.807, 2.05) is 0 Å². The van der Waals surface area contributed by atoms with Crippen LogP contribution in [0.1, 0.15) is 52.9 Å². The van der Waals surface area contributed by atoms with Crippen molar-refractivity contribution >= 4 is 0 Å². The van der Waals surface area contributed by atoms with Crippen LogP contribution >= 0.6 is 0 Å². The van der Waals surface area contributed by atoms with Crippen LogP contribution in [0.2, 0.25) is 0 Å². The molecule has 3 rings (SSSR count). The SMILES string of the molecule is CC1(C)CCCC1N1CCNC(C)(C2CC2)C1. The summed E-state index contributed by atoms with van der Waals surface area (Å²) in [5.74, 6) is 0.954. The standard InChI is InChI=1S/C15H28N2/c1-14(2)8-4-5-13(14)17-10-9-16-15(3,11-17)12-6-7-12/h12-13,16H,4-11H2,1-3H3. The number of piperazine rings is 1. The van der Waals surface area contributed by atoms with Crippen molar-refractivity contribution < 1.29 is 0 Å². The van der Waals surface area contributed by atoms with E-state index in [-0.39, 0.29) is 0 Å². The van der Waals surface area contributed by atoms with Gasteiger partial charge in [-0.25, -0.2) is 0 Å². The predicted molar refractivity (Wildman–Crippen MR) is 72.1 cm³/mol. The molecular weight excluding hydrogens is 208 g/mol. The molecule has 0 radical (unpaired) electrons. The molecular formula is C15H28N2. The Morgan fingerprint density at radius 3 is 2.47 bits per heavy atom. The number of nitrogens with one attached hydrogen (secondary N) is 1. The smallest absolute Gasteiger partial charge is 0.0309 e. The van der Waals surface area contributed by atoms with Gasteiger partial charge >= 0.3 is 0 Å². The van der Waals surface area contributed by atoms with Gasteiger partial charge in [0.2, 0.25) is 0 Å². The molecule has 3 aliphatic rings. The Kier molecular flexibility index (Phi) is 2.79. The van der Waals surface area contributed by atoms with Crippen LogP contribution < -0.4 is 5.32 Å². The van der Waals surface area contributed by atoms with E-state index < -0.39 is 0 Å². The zero-order valence-electron chi connectivity index (χ0n) is 11.8. The Morgan fingerprint density at radius 1 is 1.12 bits per heavy atom. The molecule has 0 spiro atoms. The number of hydrogen-bond donors (Lipinski definition) is 1. The molecule has 2 heteroatoms. The molecule has 2 saturated carbocycles. The lowest BCUT2D eigenvalue weighted by atomic mass is 9.84. The van der Waals surface area contributed by atoms with E-state index >= 15 is 0 Å². The minimum absolute atomic E-state index is 0.414. The van der Waals surface area contributed by atoms with Gasteiger partial charge in [0.1, 0.15) is 0 Å². The van der Waals surface area contributed by atoms with E-state index in [1.165, 1.54) is 51.7 Å². The third-order valence-electron chi connectivity index (χ3n) is 5.58. The molecule has 1 N–H and O–H groups in total. The second-order valence-corrected chi connectivity index (χ2v) is 7.49. The summed E-state index contributed by atoms with van der Waals surface area (Å²) in [6, 6.07) is 0.836. The van der Waals surface area contributed by atoms with E-state index in [2.05, 4.69) is 31.0 Å². The van der Waals surface area contributed by atoms with Crippen molar-refractivity contribution in [3.8, 4) is 0 Å². The Hall–Kier alpha value is -0.0800. The van der Waals surface area contributed by atoms with Crippen LogP contribution in [0.25, 0.3) is 0 Å². The molecule has 17 heavy (non-hydrogen) atoms. The Morgan fingerprint density at radius 2 is 1.88 bits per heavy atom. The first-order valence-corrected chi connectivity index (χ1v) is 7.50. The lowest BCUT2D eigenvalue weighted by Gasteiger charge is -2.47. The van der Waals surface area contributed by atoms with Crippen molar-refractivity contribution in [1.29, 1.82) is 0 Å². The van der Waals surface area contributed by atoms with Crippen molar-refractivity contribution in [1.82, 2.24) is 10.2 Å². The van der Waals surface area contributed by atoms with Crippen LogP contribution in [0.15, 0.2) is 0 Å². The van der Waals surface area contributed by atoms with Crippen LogP contribution in [-0.4, -0.2) is 36.1 Å². The van der Waals surface area contributed by atoms with Crippen LogP contribution in [-0.2, 0) is 0 Å². The average molecular weight is 236 g/mol. The second-order valence-electron chi connectivity index (χ2n) is 7.49. The first-order valence-electron chi connectivity index (χ1n) is 7.50. The molecule has 2 aliphatic carbocycles. The maximum absolute atomic E-state index is 3.80. The summed E-state index contributed by atoms with van der Waals surface area (Å²) in [6.07, 6.45) is 7.17. The Bertz CT molecular complexity index is 295. The highest BCUT2D eigenvalue weighted by Crippen LogP contribution is 2.45. The van der Waals surface area contributed by atoms with E-state index in [0.29, 0.717) is 11.0 Å². The fourth-order valence-corrected chi connectivity index (χ4v) is 4.29. The summed E-state index contributed by atoms with van der Waals surface area (Å²) in [6.45, 7) is 11.1. The molecule has 1 aliphatic heterocycles. The molecule has 0 aromatic rings. The van der Waals surface area contributed by atoms with Gasteiger partial charge in [0, 0.05) is 31.2 Å². The summed E-state index contributed by atoms with van der Waals surface area (Å²) in [4.78, 5) is 2.81. The van der Waals surface area contributed by atoms with Crippen molar-refractivity contribution in [2.75, 3.05) is 19.6 Å². The molecule has 1 saturated heterocycles. The fourth-order valence-electron chi connectivity index (χ4n) is 4.29. The highest BCUT2D eigenvalue weighted by molar-refractivity contribution is 5.04. The minimum Gasteiger partial charge on any atom is -0.309 e. The van der Waals surface area contributed by atoms with E-state index in [1.54, 1.807) is 0 Å². The lowest BCUT2D eigenvalue weighted by Crippen LogP contribution is -2.63. The summed E-state index contributed by atoms with van der Waals surface area (Å²) in [5.41, 5.74) is 0.957. The average Bonchev–Trinajstić information content (AvgIpc) is 3.04. The van der Waals surface area contributed by atoms with E-state index in [4.69, 9.17) is 0 Å². The predicted octanol–water partition coefficient (Wildman–Crippen LogP) is 2.64. The molecule has 0 bridgehead atoms. The van der Waals surface area contributed by atoms with Crippen molar-refractivity contribution in [2.24, 2.45) is 11.3 Å². The quantitative estimate of drug-likeness (QED) is 0.793. The van der Waals surface area contributed by atoms with E-state index in [9.17, 15) is 0 Å². The summed E-state index contributed by atoms with van der Waals surface area (Å²) in [5, 5.41) is 3.80. The third-order valence-corrected chi connectivity index (χ3v) is 5.58. The molecule has 0 amide bonds. The van der Waals surface area contributed by atoms with Gasteiger partial charge in [-0.05, 0) is 43.9 Å². The van der Waals surface area contributed by atoms with Crippen molar-refractivity contribution in [3.05, 3.63) is 0 Å². The normalized spacial score (nSPS) is 42.9. The highest BCUT2D eigenvalue weighted by Gasteiger charge is 2.47. The zero-order valence-corrected chi connectivity index (χ0v) is 11.8. The van der Waals surface area contributed by atoms with Gasteiger partial charge in [0.05, 0.1) is 0 Å². The summed E-state index contributed by atoms with van der Waals surface area (Å²) < 4.78 is 0. The topological polar surface area (TPSA) is 15.3 Å². The highest BCUT2D eigenvalue weighted by atomic mass is 15.3. The third kappa shape index (κ3) is 2.15. The van der Waals surface area contributed by atoms with Gasteiger partial charge in [-0.3, -0.25) is 4.90 Å². The van der Waals surface area contributed by atoms with Crippen LogP contribution in [0, 0.1) is 11.3 Å². The van der Waals surface area contributed by atoms with Gasteiger partial charge in [-0.2, -0.15) is 0 Å².